The van der Waals surface area contributed by atoms with Crippen LogP contribution in [-0.4, -0.2) is 79.2 Å². The topological polar surface area (TPSA) is 48.9 Å². The van der Waals surface area contributed by atoms with Crippen LogP contribution in [-0.2, 0) is 4.74 Å². The first kappa shape index (κ1) is 19.4. The number of aromatic nitrogens is 1. The van der Waals surface area contributed by atoms with E-state index in [1.165, 1.54) is 5.00 Å². The molecule has 7 heteroatoms. The highest BCUT2D eigenvalue weighted by molar-refractivity contribution is 7.18. The number of anilines is 1. The molecule has 0 aromatic carbocycles. The molecule has 2 aliphatic rings. The Kier molecular flexibility index (Phi) is 5.94. The van der Waals surface area contributed by atoms with Gasteiger partial charge >= 0.3 is 0 Å². The second-order valence-electron chi connectivity index (χ2n) is 7.59. The van der Waals surface area contributed by atoms with E-state index in [-0.39, 0.29) is 5.91 Å². The van der Waals surface area contributed by atoms with Gasteiger partial charge in [0, 0.05) is 63.3 Å². The Balaban J connectivity index is 1.59. The van der Waals surface area contributed by atoms with E-state index in [2.05, 4.69) is 34.7 Å². The van der Waals surface area contributed by atoms with Crippen LogP contribution in [0.15, 0.2) is 30.6 Å². The Morgan fingerprint density at radius 1 is 1.07 bits per heavy atom. The fourth-order valence-electron chi connectivity index (χ4n) is 3.82. The molecule has 2 saturated heterocycles. The summed E-state index contributed by atoms with van der Waals surface area (Å²) in [6, 6.07) is 6.64. The van der Waals surface area contributed by atoms with Gasteiger partial charge in [-0.2, -0.15) is 0 Å². The Bertz CT molecular complexity index is 794. The predicted molar refractivity (Wildman–Crippen MR) is 113 cm³/mol. The maximum Gasteiger partial charge on any atom is 0.264 e. The molecule has 2 aromatic rings. The molecule has 0 radical (unpaired) electrons. The molecule has 0 aliphatic carbocycles. The average Bonchev–Trinajstić information content (AvgIpc) is 3.20. The van der Waals surface area contributed by atoms with E-state index in [9.17, 15) is 4.79 Å². The van der Waals surface area contributed by atoms with Crippen LogP contribution in [0.25, 0.3) is 11.1 Å². The van der Waals surface area contributed by atoms with Gasteiger partial charge in [0.2, 0.25) is 0 Å². The van der Waals surface area contributed by atoms with Crippen LogP contribution >= 0.6 is 11.3 Å². The third kappa shape index (κ3) is 4.06. The average molecular weight is 401 g/mol. The zero-order chi connectivity index (χ0) is 19.5. The highest BCUT2D eigenvalue weighted by Crippen LogP contribution is 2.39. The number of pyridine rings is 1. The van der Waals surface area contributed by atoms with Gasteiger partial charge < -0.3 is 14.5 Å². The molecule has 0 saturated carbocycles. The molecule has 2 fully saturated rings. The highest BCUT2D eigenvalue weighted by atomic mass is 32.1. The monoisotopic (exact) mass is 400 g/mol. The van der Waals surface area contributed by atoms with Crippen molar-refractivity contribution in [1.29, 1.82) is 0 Å². The number of hydrogen-bond donors (Lipinski definition) is 0. The highest BCUT2D eigenvalue weighted by Gasteiger charge is 2.27. The fraction of sp³-hybridized carbons (Fsp3) is 0.524. The summed E-state index contributed by atoms with van der Waals surface area (Å²) < 4.78 is 5.52. The lowest BCUT2D eigenvalue weighted by Gasteiger charge is -2.36. The number of nitrogens with zero attached hydrogens (tertiary/aromatic N) is 4. The largest absolute Gasteiger partial charge is 0.378 e. The number of morpholine rings is 1. The summed E-state index contributed by atoms with van der Waals surface area (Å²) in [5, 5.41) is 1.17. The standard InChI is InChI=1S/C21H28N4O2S/c1-16(2)23-7-9-24(10-8-23)20(26)19-15-18(17-3-5-22-6-4-17)21(28-19)25-11-13-27-14-12-25/h3-6,15-16H,7-14H2,1-2H3. The first-order valence-electron chi connectivity index (χ1n) is 10.0. The van der Waals surface area contributed by atoms with E-state index < -0.39 is 0 Å². The Morgan fingerprint density at radius 2 is 1.75 bits per heavy atom. The van der Waals surface area contributed by atoms with Crippen molar-refractivity contribution in [2.75, 3.05) is 57.4 Å². The molecule has 2 aliphatic heterocycles. The van der Waals surface area contributed by atoms with Crippen molar-refractivity contribution < 1.29 is 9.53 Å². The zero-order valence-corrected chi connectivity index (χ0v) is 17.5. The van der Waals surface area contributed by atoms with Gasteiger partial charge in [-0.15, -0.1) is 11.3 Å². The molecule has 2 aromatic heterocycles. The summed E-state index contributed by atoms with van der Waals surface area (Å²) in [5.41, 5.74) is 2.23. The van der Waals surface area contributed by atoms with E-state index in [1.54, 1.807) is 11.3 Å². The molecule has 0 spiro atoms. The minimum atomic E-state index is 0.156. The molecular formula is C21H28N4O2S. The van der Waals surface area contributed by atoms with Gasteiger partial charge in [0.15, 0.2) is 0 Å². The van der Waals surface area contributed by atoms with Crippen LogP contribution in [0.1, 0.15) is 23.5 Å². The van der Waals surface area contributed by atoms with Crippen LogP contribution in [0.2, 0.25) is 0 Å². The molecule has 4 heterocycles. The zero-order valence-electron chi connectivity index (χ0n) is 16.6. The van der Waals surface area contributed by atoms with Crippen molar-refractivity contribution in [3.8, 4) is 11.1 Å². The minimum Gasteiger partial charge on any atom is -0.378 e. The van der Waals surface area contributed by atoms with Crippen molar-refractivity contribution in [2.45, 2.75) is 19.9 Å². The van der Waals surface area contributed by atoms with Crippen LogP contribution in [0.4, 0.5) is 5.00 Å². The molecule has 150 valence electrons. The fourth-order valence-corrected chi connectivity index (χ4v) is 5.02. The van der Waals surface area contributed by atoms with Crippen molar-refractivity contribution in [3.05, 3.63) is 35.5 Å². The molecule has 4 rings (SSSR count). The molecule has 0 bridgehead atoms. The Labute approximate surface area is 170 Å². The smallest absolute Gasteiger partial charge is 0.264 e. The molecule has 0 atom stereocenters. The minimum absolute atomic E-state index is 0.156. The summed E-state index contributed by atoms with van der Waals surface area (Å²) >= 11 is 1.61. The lowest BCUT2D eigenvalue weighted by molar-refractivity contribution is 0.0600. The summed E-state index contributed by atoms with van der Waals surface area (Å²) in [5.74, 6) is 0.156. The molecule has 0 N–H and O–H groups in total. The van der Waals surface area contributed by atoms with Gasteiger partial charge in [0.1, 0.15) is 0 Å². The van der Waals surface area contributed by atoms with E-state index in [0.29, 0.717) is 6.04 Å². The van der Waals surface area contributed by atoms with Gasteiger partial charge in [-0.1, -0.05) is 0 Å². The van der Waals surface area contributed by atoms with Crippen molar-refractivity contribution in [3.63, 3.8) is 0 Å². The van der Waals surface area contributed by atoms with E-state index in [0.717, 1.165) is 68.5 Å². The Morgan fingerprint density at radius 3 is 2.39 bits per heavy atom. The molecule has 28 heavy (non-hydrogen) atoms. The third-order valence-electron chi connectivity index (χ3n) is 5.54. The van der Waals surface area contributed by atoms with Crippen molar-refractivity contribution in [1.82, 2.24) is 14.8 Å². The lowest BCUT2D eigenvalue weighted by atomic mass is 10.1. The number of thiophene rings is 1. The van der Waals surface area contributed by atoms with Gasteiger partial charge in [-0.3, -0.25) is 14.7 Å². The normalized spacial score (nSPS) is 18.7. The Hall–Kier alpha value is -1.96. The number of carbonyl (C=O) groups excluding carboxylic acids is 1. The first-order chi connectivity index (χ1) is 13.6. The van der Waals surface area contributed by atoms with E-state index >= 15 is 0 Å². The summed E-state index contributed by atoms with van der Waals surface area (Å²) in [6.45, 7) is 11.1. The maximum absolute atomic E-state index is 13.2. The van der Waals surface area contributed by atoms with Gasteiger partial charge in [-0.05, 0) is 37.6 Å². The maximum atomic E-state index is 13.2. The predicted octanol–water partition coefficient (Wildman–Crippen LogP) is 2.81. The molecular weight excluding hydrogens is 372 g/mol. The van der Waals surface area contributed by atoms with Gasteiger partial charge in [0.05, 0.1) is 23.1 Å². The summed E-state index contributed by atoms with van der Waals surface area (Å²) in [7, 11) is 0. The number of amides is 1. The second-order valence-corrected chi connectivity index (χ2v) is 8.62. The van der Waals surface area contributed by atoms with Crippen molar-refractivity contribution >= 4 is 22.2 Å². The summed E-state index contributed by atoms with van der Waals surface area (Å²) in [6.07, 6.45) is 3.62. The van der Waals surface area contributed by atoms with Gasteiger partial charge in [-0.25, -0.2) is 0 Å². The van der Waals surface area contributed by atoms with E-state index in [1.807, 2.05) is 29.4 Å². The third-order valence-corrected chi connectivity index (χ3v) is 6.73. The number of hydrogen-bond acceptors (Lipinski definition) is 6. The molecule has 1 amide bonds. The SMILES string of the molecule is CC(C)N1CCN(C(=O)c2cc(-c3ccncc3)c(N3CCOCC3)s2)CC1. The number of carbonyl (C=O) groups is 1. The van der Waals surface area contributed by atoms with Crippen LogP contribution in [0.5, 0.6) is 0 Å². The van der Waals surface area contributed by atoms with E-state index in [4.69, 9.17) is 4.74 Å². The van der Waals surface area contributed by atoms with Gasteiger partial charge in [0.25, 0.3) is 5.91 Å². The van der Waals surface area contributed by atoms with Crippen molar-refractivity contribution in [2.24, 2.45) is 0 Å². The second kappa shape index (κ2) is 8.59. The molecule has 6 nitrogen and oxygen atoms in total. The quantitative estimate of drug-likeness (QED) is 0.790. The first-order valence-corrected chi connectivity index (χ1v) is 10.9. The summed E-state index contributed by atoms with van der Waals surface area (Å²) in [4.78, 5) is 25.0. The molecule has 0 unspecified atom stereocenters. The number of piperazine rings is 1. The van der Waals surface area contributed by atoms with Crippen LogP contribution in [0, 0.1) is 0 Å². The number of ether oxygens (including phenoxy) is 1. The van der Waals surface area contributed by atoms with Crippen LogP contribution < -0.4 is 4.90 Å². The lowest BCUT2D eigenvalue weighted by Crippen LogP contribution is -2.50. The number of rotatable bonds is 4. The van der Waals surface area contributed by atoms with Crippen LogP contribution in [0.3, 0.4) is 0 Å².